The van der Waals surface area contributed by atoms with Gasteiger partial charge in [0.1, 0.15) is 0 Å². The van der Waals surface area contributed by atoms with Crippen LogP contribution in [0.5, 0.6) is 0 Å². The molecule has 1 fully saturated rings. The summed E-state index contributed by atoms with van der Waals surface area (Å²) in [6.45, 7) is 18.4. The zero-order chi connectivity index (χ0) is 23.9. The fourth-order valence-corrected chi connectivity index (χ4v) is 4.72. The van der Waals surface area contributed by atoms with Gasteiger partial charge in [-0.1, -0.05) is 118 Å². The predicted molar refractivity (Wildman–Crippen MR) is 163 cm³/mol. The molecule has 0 heteroatoms. The van der Waals surface area contributed by atoms with Gasteiger partial charge in [-0.3, -0.25) is 0 Å². The van der Waals surface area contributed by atoms with Crippen LogP contribution in [0.2, 0.25) is 0 Å². The minimum absolute atomic E-state index is 0. The van der Waals surface area contributed by atoms with Crippen molar-refractivity contribution in [1.29, 1.82) is 0 Å². The zero-order valence-corrected chi connectivity index (χ0v) is 23.3. The van der Waals surface area contributed by atoms with E-state index in [1.165, 1.54) is 77.0 Å². The highest BCUT2D eigenvalue weighted by molar-refractivity contribution is 5.02. The van der Waals surface area contributed by atoms with Crippen molar-refractivity contribution in [2.75, 3.05) is 0 Å². The van der Waals surface area contributed by atoms with E-state index in [1.54, 1.807) is 11.1 Å². The van der Waals surface area contributed by atoms with Crippen LogP contribution in [0.25, 0.3) is 0 Å². The Morgan fingerprint density at radius 1 is 0.500 bits per heavy atom. The molecule has 4 unspecified atom stereocenters. The molecule has 0 N–H and O–H groups in total. The van der Waals surface area contributed by atoms with Crippen molar-refractivity contribution in [3.63, 3.8) is 0 Å². The number of allylic oxidation sites excluding steroid dienone is 6. The highest BCUT2D eigenvalue weighted by Gasteiger charge is 2.13. The summed E-state index contributed by atoms with van der Waals surface area (Å²) in [5.74, 6) is 5.60. The molecule has 4 aliphatic rings. The van der Waals surface area contributed by atoms with E-state index in [4.69, 9.17) is 0 Å². The van der Waals surface area contributed by atoms with Crippen molar-refractivity contribution in [2.45, 2.75) is 147 Å². The molecule has 0 aliphatic heterocycles. The smallest absolute Gasteiger partial charge is 0 e. The third-order valence-corrected chi connectivity index (χ3v) is 7.95. The fourth-order valence-electron chi connectivity index (χ4n) is 4.72. The van der Waals surface area contributed by atoms with Crippen LogP contribution in [-0.4, -0.2) is 0 Å². The van der Waals surface area contributed by atoms with Crippen LogP contribution in [0.1, 0.15) is 149 Å². The Morgan fingerprint density at radius 3 is 1.03 bits per heavy atom. The molecule has 4 aliphatic carbocycles. The van der Waals surface area contributed by atoms with E-state index >= 15 is 0 Å². The fraction of sp³-hybridized carbons (Fsp3) is 0.824. The van der Waals surface area contributed by atoms with Gasteiger partial charge in [-0.05, 0) is 101 Å². The second-order valence-electron chi connectivity index (χ2n) is 12.1. The molecule has 0 bridgehead atoms. The van der Waals surface area contributed by atoms with Gasteiger partial charge in [-0.25, -0.2) is 0 Å². The Kier molecular flexibility index (Phi) is 21.2. The molecule has 0 spiro atoms. The third kappa shape index (κ3) is 18.5. The van der Waals surface area contributed by atoms with E-state index in [2.05, 4.69) is 79.7 Å². The molecule has 0 radical (unpaired) electrons. The molecule has 0 amide bonds. The van der Waals surface area contributed by atoms with E-state index in [0.29, 0.717) is 0 Å². The van der Waals surface area contributed by atoms with Gasteiger partial charge in [0.25, 0.3) is 0 Å². The lowest BCUT2D eigenvalue weighted by Crippen LogP contribution is -2.08. The minimum atomic E-state index is 0. The maximum absolute atomic E-state index is 2.37. The summed E-state index contributed by atoms with van der Waals surface area (Å²) in [5, 5.41) is 0. The highest BCUT2D eigenvalue weighted by atomic mass is 14.2. The maximum atomic E-state index is 2.37. The van der Waals surface area contributed by atoms with E-state index in [9.17, 15) is 0 Å². The van der Waals surface area contributed by atoms with Gasteiger partial charge in [0.15, 0.2) is 0 Å². The van der Waals surface area contributed by atoms with Gasteiger partial charge in [0.05, 0.1) is 0 Å². The van der Waals surface area contributed by atoms with Gasteiger partial charge in [-0.15, -0.1) is 0 Å². The molecule has 4 rings (SSSR count). The first kappa shape index (κ1) is 35.4. The van der Waals surface area contributed by atoms with Gasteiger partial charge in [0.2, 0.25) is 0 Å². The summed E-state index contributed by atoms with van der Waals surface area (Å²) in [4.78, 5) is 0. The first-order valence-corrected chi connectivity index (χ1v) is 14.1. The molecule has 0 heterocycles. The second kappa shape index (κ2) is 20.4. The summed E-state index contributed by atoms with van der Waals surface area (Å²) in [6, 6.07) is 0. The summed E-state index contributed by atoms with van der Waals surface area (Å²) in [5.41, 5.74) is 3.17. The third-order valence-electron chi connectivity index (χ3n) is 7.95. The lowest BCUT2D eigenvalue weighted by Gasteiger charge is -2.22. The van der Waals surface area contributed by atoms with Crippen LogP contribution in [-0.2, 0) is 0 Å². The van der Waals surface area contributed by atoms with E-state index in [1.807, 2.05) is 0 Å². The summed E-state index contributed by atoms with van der Waals surface area (Å²) >= 11 is 0. The Balaban J connectivity index is -0.000000379. The quantitative estimate of drug-likeness (QED) is 0.305. The van der Waals surface area contributed by atoms with Crippen LogP contribution in [0, 0.1) is 35.5 Å². The normalized spacial score (nSPS) is 32.2. The topological polar surface area (TPSA) is 0 Å². The second-order valence-corrected chi connectivity index (χ2v) is 12.1. The van der Waals surface area contributed by atoms with Gasteiger partial charge < -0.3 is 0 Å². The minimum Gasteiger partial charge on any atom is -0.0854 e. The Hall–Kier alpha value is -0.780. The van der Waals surface area contributed by atoms with Crippen molar-refractivity contribution in [2.24, 2.45) is 35.5 Å². The van der Waals surface area contributed by atoms with Gasteiger partial charge in [0, 0.05) is 1.43 Å². The SMILES string of the molecule is C.C.CC1=CCC(C)CC1.CC1=CCC(C)CC1.CC1C=CC(C)CC1.CC1CCC(C)CC1.[HH]. The van der Waals surface area contributed by atoms with E-state index in [0.717, 1.165) is 35.5 Å². The van der Waals surface area contributed by atoms with E-state index in [-0.39, 0.29) is 16.3 Å². The average molecular weight is 477 g/mol. The molecule has 34 heavy (non-hydrogen) atoms. The van der Waals surface area contributed by atoms with Crippen LogP contribution < -0.4 is 0 Å². The molecule has 0 saturated heterocycles. The first-order valence-electron chi connectivity index (χ1n) is 14.1. The monoisotopic (exact) mass is 477 g/mol. The Morgan fingerprint density at radius 2 is 0.824 bits per heavy atom. The number of rotatable bonds is 0. The van der Waals surface area contributed by atoms with Crippen LogP contribution in [0.15, 0.2) is 35.5 Å². The van der Waals surface area contributed by atoms with Gasteiger partial charge in [-0.2, -0.15) is 0 Å². The summed E-state index contributed by atoms with van der Waals surface area (Å²) in [6.07, 6.45) is 26.2. The lowest BCUT2D eigenvalue weighted by atomic mass is 9.84. The summed E-state index contributed by atoms with van der Waals surface area (Å²) < 4.78 is 0. The van der Waals surface area contributed by atoms with Crippen molar-refractivity contribution in [3.8, 4) is 0 Å². The predicted octanol–water partition coefficient (Wildman–Crippen LogP) is 12.5. The van der Waals surface area contributed by atoms with Crippen molar-refractivity contribution < 1.29 is 1.43 Å². The molecule has 0 nitrogen and oxygen atoms in total. The number of hydrogen-bond acceptors (Lipinski definition) is 0. The molecular formula is C34H68. The first-order chi connectivity index (χ1) is 15.2. The zero-order valence-electron chi connectivity index (χ0n) is 23.3. The average Bonchev–Trinajstić information content (AvgIpc) is 2.78. The lowest BCUT2D eigenvalue weighted by molar-refractivity contribution is 0.308. The van der Waals surface area contributed by atoms with Crippen LogP contribution in [0.4, 0.5) is 0 Å². The van der Waals surface area contributed by atoms with Crippen molar-refractivity contribution >= 4 is 0 Å². The molecule has 204 valence electrons. The van der Waals surface area contributed by atoms with Crippen molar-refractivity contribution in [1.82, 2.24) is 0 Å². The molecule has 1 saturated carbocycles. The maximum Gasteiger partial charge on any atom is 0 e. The van der Waals surface area contributed by atoms with E-state index < -0.39 is 0 Å². The highest BCUT2D eigenvalue weighted by Crippen LogP contribution is 2.27. The molecule has 4 atom stereocenters. The Labute approximate surface area is 219 Å². The molecule has 0 aromatic heterocycles. The number of hydrogen-bond donors (Lipinski definition) is 0. The standard InChI is InChI=1S/C8H16.3C8H14.2CH4.H2/c4*1-7-3-5-8(2)6-4-7;;;/h7-8H,3-6H2,1-2H3;2*3,8H,4-6H2,1-2H3;3,5,7-8H,4,6H2,1-2H3;2*1H4;1H. The largest absolute Gasteiger partial charge is 0.0854 e. The Bertz CT molecular complexity index is 511. The van der Waals surface area contributed by atoms with Crippen molar-refractivity contribution in [3.05, 3.63) is 35.5 Å². The van der Waals surface area contributed by atoms with Crippen LogP contribution in [0.3, 0.4) is 0 Å². The molecule has 0 aromatic carbocycles. The summed E-state index contributed by atoms with van der Waals surface area (Å²) in [7, 11) is 0. The molecular weight excluding hydrogens is 408 g/mol. The van der Waals surface area contributed by atoms with Gasteiger partial charge >= 0.3 is 0 Å². The molecule has 0 aromatic rings. The van der Waals surface area contributed by atoms with Crippen LogP contribution >= 0.6 is 0 Å².